The Morgan fingerprint density at radius 2 is 1.77 bits per heavy atom. The molecule has 0 aliphatic heterocycles. The van der Waals surface area contributed by atoms with Crippen molar-refractivity contribution < 1.29 is 28.5 Å². The number of ether oxygens (including phenoxy) is 4. The molecule has 0 N–H and O–H groups in total. The van der Waals surface area contributed by atoms with E-state index in [0.29, 0.717) is 36.7 Å². The summed E-state index contributed by atoms with van der Waals surface area (Å²) in [5.41, 5.74) is 3.66. The van der Waals surface area contributed by atoms with Crippen molar-refractivity contribution in [2.45, 2.75) is 90.6 Å². The van der Waals surface area contributed by atoms with Crippen LogP contribution >= 0.6 is 0 Å². The van der Waals surface area contributed by atoms with Crippen molar-refractivity contribution >= 4 is 12.3 Å². The van der Waals surface area contributed by atoms with Crippen LogP contribution in [-0.2, 0) is 20.6 Å². The molecule has 1 aromatic carbocycles. The maximum Gasteiger partial charge on any atom is 0.513 e. The summed E-state index contributed by atoms with van der Waals surface area (Å²) in [6.07, 6.45) is 7.10. The van der Waals surface area contributed by atoms with Gasteiger partial charge in [-0.1, -0.05) is 46.3 Å². The average molecular weight is 485 g/mol. The molecule has 3 aliphatic carbocycles. The average Bonchev–Trinajstić information content (AvgIpc) is 3.09. The van der Waals surface area contributed by atoms with Crippen molar-refractivity contribution in [1.82, 2.24) is 0 Å². The number of carbonyl (C=O) groups excluding carboxylic acids is 2. The van der Waals surface area contributed by atoms with E-state index >= 15 is 0 Å². The third-order valence-corrected chi connectivity index (χ3v) is 8.55. The highest BCUT2D eigenvalue weighted by molar-refractivity contribution is 5.64. The van der Waals surface area contributed by atoms with E-state index in [1.807, 2.05) is 12.1 Å². The Morgan fingerprint density at radius 1 is 1.06 bits per heavy atom. The van der Waals surface area contributed by atoms with Gasteiger partial charge in [0.05, 0.1) is 13.2 Å². The molecule has 0 spiro atoms. The van der Waals surface area contributed by atoms with Gasteiger partial charge in [0.2, 0.25) is 0 Å². The van der Waals surface area contributed by atoms with Crippen LogP contribution in [0.15, 0.2) is 30.4 Å². The van der Waals surface area contributed by atoms with Gasteiger partial charge in [0.1, 0.15) is 11.9 Å². The second-order valence-corrected chi connectivity index (χ2v) is 10.6. The molecular weight excluding hydrogens is 444 g/mol. The van der Waals surface area contributed by atoms with E-state index in [4.69, 9.17) is 18.9 Å². The number of fused-ring (bicyclic) bond motifs is 5. The van der Waals surface area contributed by atoms with Crippen molar-refractivity contribution in [3.05, 3.63) is 41.5 Å². The van der Waals surface area contributed by atoms with E-state index in [2.05, 4.69) is 33.4 Å². The van der Waals surface area contributed by atoms with Crippen LogP contribution in [0.1, 0.15) is 89.2 Å². The summed E-state index contributed by atoms with van der Waals surface area (Å²) in [5.74, 6) is 1.97. The largest absolute Gasteiger partial charge is 0.513 e. The van der Waals surface area contributed by atoms with E-state index < -0.39 is 12.3 Å². The zero-order valence-electron chi connectivity index (χ0n) is 21.5. The van der Waals surface area contributed by atoms with E-state index in [0.717, 1.165) is 63.4 Å². The molecule has 0 bridgehead atoms. The predicted octanol–water partition coefficient (Wildman–Crippen LogP) is 7.35. The maximum absolute atomic E-state index is 12.2. The first-order chi connectivity index (χ1) is 16.9. The SMILES string of the molecule is C=C1[C@H](OC(=O)OCCCC)C[C@H]2[C@@H]3CCc4cc(OC(=O)OCCCC)ccc4[C@H]3CC[C@]12C. The van der Waals surface area contributed by atoms with Crippen molar-refractivity contribution in [3.8, 4) is 5.75 Å². The smallest absolute Gasteiger partial charge is 0.434 e. The fourth-order valence-electron chi connectivity index (χ4n) is 6.51. The van der Waals surface area contributed by atoms with Gasteiger partial charge in [0.15, 0.2) is 0 Å². The molecule has 3 aliphatic rings. The highest BCUT2D eigenvalue weighted by Crippen LogP contribution is 2.63. The van der Waals surface area contributed by atoms with Crippen molar-refractivity contribution in [1.29, 1.82) is 0 Å². The first kappa shape index (κ1) is 25.6. The number of hydrogen-bond donors (Lipinski definition) is 0. The Labute approximate surface area is 209 Å². The van der Waals surface area contributed by atoms with Gasteiger partial charge in [-0.3, -0.25) is 0 Å². The summed E-state index contributed by atoms with van der Waals surface area (Å²) in [4.78, 5) is 24.2. The van der Waals surface area contributed by atoms with Gasteiger partial charge < -0.3 is 18.9 Å². The Kier molecular flexibility index (Phi) is 8.08. The number of aryl methyl sites for hydroxylation is 1. The molecule has 192 valence electrons. The lowest BCUT2D eigenvalue weighted by Gasteiger charge is -2.49. The van der Waals surface area contributed by atoms with Gasteiger partial charge in [-0.15, -0.1) is 0 Å². The standard InChI is InChI=1S/C29H40O6/c1-5-7-15-32-27(30)34-21-10-12-22-20(17-21)9-11-24-23(22)13-14-29(4)19(3)26(18-25(24)29)35-28(31)33-16-8-6-2/h10,12,17,23-26H,3,5-9,11,13-16,18H2,1-2,4H3/t23-,24-,25+,26-,29-/m1/s1. The number of unbranched alkanes of at least 4 members (excludes halogenated alkanes) is 2. The number of hydrogen-bond acceptors (Lipinski definition) is 6. The molecule has 0 radical (unpaired) electrons. The summed E-state index contributed by atoms with van der Waals surface area (Å²) >= 11 is 0. The minimum atomic E-state index is -0.635. The fourth-order valence-corrected chi connectivity index (χ4v) is 6.51. The lowest BCUT2D eigenvalue weighted by atomic mass is 9.55. The van der Waals surface area contributed by atoms with Crippen LogP contribution < -0.4 is 4.74 Å². The molecule has 6 nitrogen and oxygen atoms in total. The van der Waals surface area contributed by atoms with Crippen LogP contribution in [0.2, 0.25) is 0 Å². The topological polar surface area (TPSA) is 71.1 Å². The predicted molar refractivity (Wildman–Crippen MR) is 134 cm³/mol. The first-order valence-electron chi connectivity index (χ1n) is 13.4. The van der Waals surface area contributed by atoms with Gasteiger partial charge >= 0.3 is 12.3 Å². The maximum atomic E-state index is 12.2. The summed E-state index contributed by atoms with van der Waals surface area (Å²) in [5, 5.41) is 0. The number of carbonyl (C=O) groups is 2. The highest BCUT2D eigenvalue weighted by Gasteiger charge is 2.56. The lowest BCUT2D eigenvalue weighted by molar-refractivity contribution is 0.0305. The summed E-state index contributed by atoms with van der Waals surface area (Å²) in [6, 6.07) is 6.03. The van der Waals surface area contributed by atoms with Gasteiger partial charge in [-0.25, -0.2) is 9.59 Å². The van der Waals surface area contributed by atoms with Crippen LogP contribution in [0, 0.1) is 17.3 Å². The van der Waals surface area contributed by atoms with E-state index in [1.165, 1.54) is 11.1 Å². The zero-order chi connectivity index (χ0) is 25.0. The molecule has 0 aromatic heterocycles. The van der Waals surface area contributed by atoms with E-state index in [9.17, 15) is 9.59 Å². The van der Waals surface area contributed by atoms with Gasteiger partial charge in [-0.05, 0) is 96.9 Å². The summed E-state index contributed by atoms with van der Waals surface area (Å²) < 4.78 is 21.5. The second kappa shape index (κ2) is 11.0. The fraction of sp³-hybridized carbons (Fsp3) is 0.655. The monoisotopic (exact) mass is 484 g/mol. The third kappa shape index (κ3) is 5.36. The van der Waals surface area contributed by atoms with Crippen molar-refractivity contribution in [3.63, 3.8) is 0 Å². The first-order valence-corrected chi connectivity index (χ1v) is 13.4. The zero-order valence-corrected chi connectivity index (χ0v) is 21.5. The molecular formula is C29H40O6. The highest BCUT2D eigenvalue weighted by atomic mass is 16.7. The number of rotatable bonds is 8. The van der Waals surface area contributed by atoms with Gasteiger partial charge in [0, 0.05) is 0 Å². The molecule has 2 saturated carbocycles. The lowest BCUT2D eigenvalue weighted by Crippen LogP contribution is -2.40. The molecule has 4 rings (SSSR count). The Hall–Kier alpha value is -2.50. The normalized spacial score (nSPS) is 28.9. The molecule has 0 heterocycles. The van der Waals surface area contributed by atoms with Gasteiger partial charge in [0.25, 0.3) is 0 Å². The molecule has 0 saturated heterocycles. The van der Waals surface area contributed by atoms with Crippen LogP contribution in [0.5, 0.6) is 5.75 Å². The van der Waals surface area contributed by atoms with Crippen molar-refractivity contribution in [2.24, 2.45) is 17.3 Å². The van der Waals surface area contributed by atoms with E-state index in [1.54, 1.807) is 0 Å². The third-order valence-electron chi connectivity index (χ3n) is 8.55. The molecule has 6 heteroatoms. The molecule has 0 amide bonds. The minimum Gasteiger partial charge on any atom is -0.434 e. The molecule has 0 unspecified atom stereocenters. The number of benzene rings is 1. The second-order valence-electron chi connectivity index (χ2n) is 10.6. The van der Waals surface area contributed by atoms with E-state index in [-0.39, 0.29) is 11.5 Å². The Balaban J connectivity index is 1.42. The van der Waals surface area contributed by atoms with Gasteiger partial charge in [-0.2, -0.15) is 0 Å². The molecule has 35 heavy (non-hydrogen) atoms. The van der Waals surface area contributed by atoms with Crippen molar-refractivity contribution in [2.75, 3.05) is 13.2 Å². The van der Waals surface area contributed by atoms with Crippen LogP contribution in [0.3, 0.4) is 0 Å². The Morgan fingerprint density at radius 3 is 2.49 bits per heavy atom. The molecule has 1 aromatic rings. The quantitative estimate of drug-likeness (QED) is 0.166. The Bertz CT molecular complexity index is 939. The van der Waals surface area contributed by atoms with Crippen LogP contribution in [-0.4, -0.2) is 31.6 Å². The van der Waals surface area contributed by atoms with Crippen LogP contribution in [0.4, 0.5) is 9.59 Å². The molecule has 5 atom stereocenters. The summed E-state index contributed by atoms with van der Waals surface area (Å²) in [7, 11) is 0. The molecule has 2 fully saturated rings. The summed E-state index contributed by atoms with van der Waals surface area (Å²) in [6.45, 7) is 11.6. The van der Waals surface area contributed by atoms with Crippen LogP contribution in [0.25, 0.3) is 0 Å². The minimum absolute atomic E-state index is 0.0155.